The van der Waals surface area contributed by atoms with Gasteiger partial charge in [-0.3, -0.25) is 0 Å². The van der Waals surface area contributed by atoms with E-state index in [0.29, 0.717) is 30.0 Å². The zero-order valence-corrected chi connectivity index (χ0v) is 13.6. The zero-order valence-electron chi connectivity index (χ0n) is 13.6. The molecule has 0 fully saturated rings. The molecule has 6 nitrogen and oxygen atoms in total. The van der Waals surface area contributed by atoms with E-state index < -0.39 is 4.81 Å². The second-order valence-corrected chi connectivity index (χ2v) is 5.76. The Balaban J connectivity index is 2.33. The Kier molecular flexibility index (Phi) is 5.10. The number of nitrogens with zero attached hydrogens (tertiary/aromatic N) is 2. The highest BCUT2D eigenvalue weighted by Gasteiger charge is 2.30. The molecule has 0 atom stereocenters. The van der Waals surface area contributed by atoms with Gasteiger partial charge in [-0.15, -0.1) is 0 Å². The molecule has 6 heteroatoms. The van der Waals surface area contributed by atoms with Gasteiger partial charge in [0.2, 0.25) is 5.69 Å². The molecule has 0 heterocycles. The van der Waals surface area contributed by atoms with Crippen molar-refractivity contribution in [3.05, 3.63) is 48.0 Å². The first-order valence-corrected chi connectivity index (χ1v) is 7.63. The van der Waals surface area contributed by atoms with Crippen LogP contribution in [0, 0.1) is 0 Å². The summed E-state index contributed by atoms with van der Waals surface area (Å²) in [7, 11) is 1.88. The lowest BCUT2D eigenvalue weighted by Gasteiger charge is -2.27. The van der Waals surface area contributed by atoms with Crippen molar-refractivity contribution in [3.63, 3.8) is 0 Å². The molecule has 6 N–H and O–H groups in total. The van der Waals surface area contributed by atoms with Gasteiger partial charge in [0.25, 0.3) is 0 Å². The Hall–Kier alpha value is -2.28. The Bertz CT molecular complexity index is 673. The molecule has 0 aliphatic heterocycles. The summed E-state index contributed by atoms with van der Waals surface area (Å²) in [5.41, 5.74) is 15.2. The van der Waals surface area contributed by atoms with Gasteiger partial charge in [0, 0.05) is 37.5 Å². The molecule has 0 bridgehead atoms. The van der Waals surface area contributed by atoms with Crippen molar-refractivity contribution in [2.24, 2.45) is 0 Å². The third-order valence-corrected chi connectivity index (χ3v) is 3.79. The van der Waals surface area contributed by atoms with Crippen LogP contribution in [0.15, 0.2) is 42.5 Å². The zero-order chi connectivity index (χ0) is 17.0. The monoisotopic (exact) mass is 317 g/mol. The predicted molar refractivity (Wildman–Crippen MR) is 94.3 cm³/mol. The molecular formula is C17H25N4O2+. The number of para-hydroxylation sites is 2. The fourth-order valence-electron chi connectivity index (χ4n) is 2.63. The molecule has 0 unspecified atom stereocenters. The number of hydrogen-bond acceptors (Lipinski definition) is 5. The SMILES string of the molecule is CCC[N+](O)(O)c1ccccc1N(C)Cc1cc(N)ccc1N. The Morgan fingerprint density at radius 2 is 1.78 bits per heavy atom. The standard InChI is InChI=1S/C17H25N4O2/c1-3-10-21(22,23)17-7-5-4-6-16(17)20(2)12-13-11-14(18)8-9-15(13)19/h4-9,11,22-23H,3,10,12,18-19H2,1-2H3/q+1. The van der Waals surface area contributed by atoms with Gasteiger partial charge in [-0.2, -0.15) is 10.4 Å². The molecule has 0 saturated heterocycles. The topological polar surface area (TPSA) is 95.7 Å². The van der Waals surface area contributed by atoms with Gasteiger partial charge < -0.3 is 16.4 Å². The summed E-state index contributed by atoms with van der Waals surface area (Å²) >= 11 is 0. The fourth-order valence-corrected chi connectivity index (χ4v) is 2.63. The van der Waals surface area contributed by atoms with Crippen molar-refractivity contribution in [2.45, 2.75) is 19.9 Å². The summed E-state index contributed by atoms with van der Waals surface area (Å²) in [6.45, 7) is 2.63. The first kappa shape index (κ1) is 17.1. The highest BCUT2D eigenvalue weighted by atomic mass is 16.8. The van der Waals surface area contributed by atoms with Crippen molar-refractivity contribution in [3.8, 4) is 0 Å². The summed E-state index contributed by atoms with van der Waals surface area (Å²) < 4.78 is 0. The maximum atomic E-state index is 10.3. The van der Waals surface area contributed by atoms with Crippen LogP contribution in [-0.2, 0) is 6.54 Å². The van der Waals surface area contributed by atoms with Crippen LogP contribution in [0.4, 0.5) is 22.7 Å². The summed E-state index contributed by atoms with van der Waals surface area (Å²) in [6.07, 6.45) is 0.646. The molecule has 2 rings (SSSR count). The Morgan fingerprint density at radius 3 is 2.48 bits per heavy atom. The summed E-state index contributed by atoms with van der Waals surface area (Å²) in [6, 6.07) is 12.6. The highest BCUT2D eigenvalue weighted by Crippen LogP contribution is 2.32. The number of hydrogen-bond donors (Lipinski definition) is 4. The summed E-state index contributed by atoms with van der Waals surface area (Å²) in [5, 5.41) is 20.6. The molecule has 0 aliphatic carbocycles. The van der Waals surface area contributed by atoms with E-state index in [1.54, 1.807) is 24.3 Å². The first-order chi connectivity index (χ1) is 10.8. The number of hydroxylamine groups is 2. The quantitative estimate of drug-likeness (QED) is 0.373. The average molecular weight is 317 g/mol. The largest absolute Gasteiger partial charge is 0.399 e. The van der Waals surface area contributed by atoms with Crippen LogP contribution in [0.2, 0.25) is 0 Å². The van der Waals surface area contributed by atoms with E-state index in [9.17, 15) is 10.4 Å². The fraction of sp³-hybridized carbons (Fsp3) is 0.294. The van der Waals surface area contributed by atoms with Gasteiger partial charge >= 0.3 is 0 Å². The minimum Gasteiger partial charge on any atom is -0.399 e. The Morgan fingerprint density at radius 1 is 1.09 bits per heavy atom. The maximum absolute atomic E-state index is 10.3. The van der Waals surface area contributed by atoms with Crippen molar-refractivity contribution >= 4 is 22.7 Å². The minimum absolute atomic E-state index is 0.214. The molecule has 0 saturated carbocycles. The van der Waals surface area contributed by atoms with Gasteiger partial charge in [-0.25, -0.2) is 0 Å². The molecule has 0 amide bonds. The van der Waals surface area contributed by atoms with Crippen molar-refractivity contribution < 1.29 is 10.4 Å². The lowest BCUT2D eigenvalue weighted by atomic mass is 10.1. The summed E-state index contributed by atoms with van der Waals surface area (Å²) in [4.78, 5) is 0.791. The second-order valence-electron chi connectivity index (χ2n) is 5.76. The second kappa shape index (κ2) is 6.87. The van der Waals surface area contributed by atoms with Crippen LogP contribution in [0.25, 0.3) is 0 Å². The number of nitrogens with two attached hydrogens (primary N) is 2. The lowest BCUT2D eigenvalue weighted by molar-refractivity contribution is -0.290. The molecule has 2 aromatic carbocycles. The molecule has 0 aromatic heterocycles. The van der Waals surface area contributed by atoms with Crippen molar-refractivity contribution in [2.75, 3.05) is 30.0 Å². The van der Waals surface area contributed by atoms with E-state index in [4.69, 9.17) is 11.5 Å². The average Bonchev–Trinajstić information content (AvgIpc) is 2.51. The van der Waals surface area contributed by atoms with Gasteiger partial charge in [-0.05, 0) is 34.6 Å². The normalized spacial score (nSPS) is 11.5. The highest BCUT2D eigenvalue weighted by molar-refractivity contribution is 5.68. The van der Waals surface area contributed by atoms with Gasteiger partial charge in [0.05, 0.1) is 0 Å². The molecular weight excluding hydrogens is 292 g/mol. The third-order valence-electron chi connectivity index (χ3n) is 3.79. The number of anilines is 3. The summed E-state index contributed by atoms with van der Waals surface area (Å²) in [5.74, 6) is 0. The number of quaternary nitrogens is 1. The van der Waals surface area contributed by atoms with Crippen LogP contribution in [-0.4, -0.2) is 24.0 Å². The number of benzene rings is 2. The van der Waals surface area contributed by atoms with E-state index in [0.717, 1.165) is 11.3 Å². The predicted octanol–water partition coefficient (Wildman–Crippen LogP) is 2.98. The van der Waals surface area contributed by atoms with Crippen LogP contribution >= 0.6 is 0 Å². The van der Waals surface area contributed by atoms with E-state index in [2.05, 4.69) is 0 Å². The molecule has 0 spiro atoms. The van der Waals surface area contributed by atoms with Crippen molar-refractivity contribution in [1.82, 2.24) is 4.81 Å². The number of nitrogen functional groups attached to an aromatic ring is 2. The van der Waals surface area contributed by atoms with Crippen LogP contribution in [0.1, 0.15) is 18.9 Å². The van der Waals surface area contributed by atoms with E-state index in [-0.39, 0.29) is 6.54 Å². The maximum Gasteiger partial charge on any atom is 0.222 e. The van der Waals surface area contributed by atoms with Crippen molar-refractivity contribution in [1.29, 1.82) is 0 Å². The van der Waals surface area contributed by atoms with Gasteiger partial charge in [-0.1, -0.05) is 19.1 Å². The molecule has 0 radical (unpaired) electrons. The number of rotatable bonds is 6. The smallest absolute Gasteiger partial charge is 0.222 e. The van der Waals surface area contributed by atoms with Crippen LogP contribution < -0.4 is 21.2 Å². The van der Waals surface area contributed by atoms with E-state index in [1.807, 2.05) is 37.1 Å². The molecule has 124 valence electrons. The van der Waals surface area contributed by atoms with E-state index in [1.165, 1.54) is 0 Å². The lowest BCUT2D eigenvalue weighted by Crippen LogP contribution is -2.43. The first-order valence-electron chi connectivity index (χ1n) is 7.63. The van der Waals surface area contributed by atoms with E-state index >= 15 is 0 Å². The minimum atomic E-state index is -1.14. The third kappa shape index (κ3) is 3.92. The molecule has 2 aromatic rings. The molecule has 0 aliphatic rings. The van der Waals surface area contributed by atoms with Gasteiger partial charge in [0.1, 0.15) is 12.2 Å². The van der Waals surface area contributed by atoms with Crippen LogP contribution in [0.5, 0.6) is 0 Å². The molecule has 23 heavy (non-hydrogen) atoms. The Labute approximate surface area is 136 Å². The van der Waals surface area contributed by atoms with Crippen LogP contribution in [0.3, 0.4) is 0 Å². The van der Waals surface area contributed by atoms with Gasteiger partial charge in [0.15, 0.2) is 0 Å².